The highest BCUT2D eigenvalue weighted by Crippen LogP contribution is 2.44. The van der Waals surface area contributed by atoms with Crippen molar-refractivity contribution < 1.29 is 0 Å². The maximum absolute atomic E-state index is 4.77. The molecule has 0 fully saturated rings. The lowest BCUT2D eigenvalue weighted by Gasteiger charge is -2.18. The van der Waals surface area contributed by atoms with Gasteiger partial charge in [0.2, 0.25) is 0 Å². The number of hydrogen-bond acceptors (Lipinski definition) is 2. The molecule has 0 saturated heterocycles. The summed E-state index contributed by atoms with van der Waals surface area (Å²) in [5.74, 6) is 0.735. The number of hydrogen-bond donors (Lipinski definition) is 0. The van der Waals surface area contributed by atoms with E-state index in [4.69, 9.17) is 9.97 Å². The molecule has 0 bridgehead atoms. The molecule has 7 aromatic carbocycles. The minimum absolute atomic E-state index is 0.735. The van der Waals surface area contributed by atoms with E-state index in [-0.39, 0.29) is 0 Å². The lowest BCUT2D eigenvalue weighted by Crippen LogP contribution is -1.93. The Bertz CT molecular complexity index is 2140. The van der Waals surface area contributed by atoms with E-state index in [1.165, 1.54) is 59.8 Å². The van der Waals surface area contributed by atoms with Gasteiger partial charge < -0.3 is 0 Å². The molecule has 1 aromatic heterocycles. The third kappa shape index (κ3) is 3.58. The predicted molar refractivity (Wildman–Crippen MR) is 168 cm³/mol. The maximum atomic E-state index is 4.77. The van der Waals surface area contributed by atoms with Crippen molar-refractivity contribution in [3.8, 4) is 33.6 Å². The molecule has 0 saturated carbocycles. The van der Waals surface area contributed by atoms with Gasteiger partial charge in [-0.15, -0.1) is 0 Å². The molecule has 0 spiro atoms. The number of aromatic nitrogens is 2. The van der Waals surface area contributed by atoms with Crippen LogP contribution in [0.5, 0.6) is 0 Å². The summed E-state index contributed by atoms with van der Waals surface area (Å²) >= 11 is 0. The van der Waals surface area contributed by atoms with Crippen molar-refractivity contribution >= 4 is 43.1 Å². The highest BCUT2D eigenvalue weighted by atomic mass is 14.9. The SMILES string of the molecule is c1ccc(-c2ncc(-c3c4ccccc4c(-c4ccc5c(ccc6ccccc65)c4)c4ccccc34)cn2)cc1. The zero-order chi connectivity index (χ0) is 26.5. The summed E-state index contributed by atoms with van der Waals surface area (Å²) in [4.78, 5) is 9.53. The van der Waals surface area contributed by atoms with Gasteiger partial charge in [-0.1, -0.05) is 127 Å². The minimum atomic E-state index is 0.735. The van der Waals surface area contributed by atoms with Crippen LogP contribution in [-0.2, 0) is 0 Å². The Morgan fingerprint density at radius 1 is 0.325 bits per heavy atom. The van der Waals surface area contributed by atoms with Crippen molar-refractivity contribution in [2.75, 3.05) is 0 Å². The summed E-state index contributed by atoms with van der Waals surface area (Å²) < 4.78 is 0. The van der Waals surface area contributed by atoms with Gasteiger partial charge in [0.1, 0.15) is 0 Å². The molecule has 2 heteroatoms. The lowest BCUT2D eigenvalue weighted by atomic mass is 9.86. The van der Waals surface area contributed by atoms with Crippen LogP contribution in [0.1, 0.15) is 0 Å². The highest BCUT2D eigenvalue weighted by Gasteiger charge is 2.17. The quantitative estimate of drug-likeness (QED) is 0.175. The van der Waals surface area contributed by atoms with Gasteiger partial charge in [-0.25, -0.2) is 9.97 Å². The number of rotatable bonds is 3. The molecule has 0 atom stereocenters. The molecule has 8 rings (SSSR count). The van der Waals surface area contributed by atoms with E-state index in [2.05, 4.69) is 103 Å². The molecular weight excluding hydrogens is 484 g/mol. The summed E-state index contributed by atoms with van der Waals surface area (Å²) in [6, 6.07) is 47.5. The average molecular weight is 509 g/mol. The Labute approximate surface area is 232 Å². The number of benzene rings is 7. The van der Waals surface area contributed by atoms with Gasteiger partial charge in [0.05, 0.1) is 0 Å². The molecule has 186 valence electrons. The average Bonchev–Trinajstić information content (AvgIpc) is 3.04. The van der Waals surface area contributed by atoms with E-state index in [9.17, 15) is 0 Å². The van der Waals surface area contributed by atoms with Crippen LogP contribution < -0.4 is 0 Å². The van der Waals surface area contributed by atoms with Gasteiger partial charge in [-0.05, 0) is 60.3 Å². The van der Waals surface area contributed by atoms with Crippen molar-refractivity contribution in [1.82, 2.24) is 9.97 Å². The lowest BCUT2D eigenvalue weighted by molar-refractivity contribution is 1.18. The zero-order valence-corrected chi connectivity index (χ0v) is 21.8. The Kier molecular flexibility index (Phi) is 5.17. The molecule has 0 aliphatic heterocycles. The number of fused-ring (bicyclic) bond motifs is 5. The zero-order valence-electron chi connectivity index (χ0n) is 21.8. The molecule has 0 amide bonds. The van der Waals surface area contributed by atoms with E-state index in [0.717, 1.165) is 17.0 Å². The Morgan fingerprint density at radius 2 is 0.825 bits per heavy atom. The van der Waals surface area contributed by atoms with Gasteiger partial charge in [0.25, 0.3) is 0 Å². The Hall–Kier alpha value is -5.34. The van der Waals surface area contributed by atoms with E-state index < -0.39 is 0 Å². The molecule has 8 aromatic rings. The fraction of sp³-hybridized carbons (Fsp3) is 0. The molecule has 0 N–H and O–H groups in total. The maximum Gasteiger partial charge on any atom is 0.159 e. The van der Waals surface area contributed by atoms with E-state index in [1.807, 2.05) is 42.7 Å². The fourth-order valence-corrected chi connectivity index (χ4v) is 6.11. The standard InChI is InChI=1S/C38H24N2/c1-2-11-26(12-3-1)38-39-23-29(24-40-38)37-34-16-8-6-14-32(34)36(33-15-7-9-17-35(33)37)28-20-21-31-27(22-28)19-18-25-10-4-5-13-30(25)31/h1-24H. The van der Waals surface area contributed by atoms with Crippen LogP contribution in [0.25, 0.3) is 76.7 Å². The third-order valence-corrected chi connectivity index (χ3v) is 7.94. The molecule has 0 aliphatic carbocycles. The second-order valence-electron chi connectivity index (χ2n) is 10.2. The Balaban J connectivity index is 1.38. The first-order valence-electron chi connectivity index (χ1n) is 13.6. The van der Waals surface area contributed by atoms with Gasteiger partial charge >= 0.3 is 0 Å². The van der Waals surface area contributed by atoms with Crippen molar-refractivity contribution in [3.05, 3.63) is 146 Å². The molecule has 2 nitrogen and oxygen atoms in total. The Morgan fingerprint density at radius 3 is 1.48 bits per heavy atom. The molecular formula is C38H24N2. The predicted octanol–water partition coefficient (Wildman–Crippen LogP) is 10.1. The van der Waals surface area contributed by atoms with Crippen LogP contribution in [0.15, 0.2) is 146 Å². The first-order chi connectivity index (χ1) is 19.8. The summed E-state index contributed by atoms with van der Waals surface area (Å²) in [6.07, 6.45) is 3.93. The van der Waals surface area contributed by atoms with Crippen molar-refractivity contribution in [1.29, 1.82) is 0 Å². The second kappa shape index (κ2) is 9.14. The first kappa shape index (κ1) is 22.6. The van der Waals surface area contributed by atoms with Crippen LogP contribution >= 0.6 is 0 Å². The van der Waals surface area contributed by atoms with Crippen molar-refractivity contribution in [3.63, 3.8) is 0 Å². The van der Waals surface area contributed by atoms with E-state index in [1.54, 1.807) is 0 Å². The van der Waals surface area contributed by atoms with E-state index in [0.29, 0.717) is 0 Å². The van der Waals surface area contributed by atoms with Crippen molar-refractivity contribution in [2.24, 2.45) is 0 Å². The van der Waals surface area contributed by atoms with E-state index >= 15 is 0 Å². The van der Waals surface area contributed by atoms with Crippen LogP contribution in [0.4, 0.5) is 0 Å². The van der Waals surface area contributed by atoms with Gasteiger partial charge in [0, 0.05) is 29.1 Å². The summed E-state index contributed by atoms with van der Waals surface area (Å²) in [6.45, 7) is 0. The number of nitrogens with zero attached hydrogens (tertiary/aromatic N) is 2. The van der Waals surface area contributed by atoms with Crippen LogP contribution in [0, 0.1) is 0 Å². The smallest absolute Gasteiger partial charge is 0.159 e. The van der Waals surface area contributed by atoms with Crippen LogP contribution in [-0.4, -0.2) is 9.97 Å². The van der Waals surface area contributed by atoms with Crippen LogP contribution in [0.3, 0.4) is 0 Å². The normalized spacial score (nSPS) is 11.5. The largest absolute Gasteiger partial charge is 0.236 e. The molecule has 40 heavy (non-hydrogen) atoms. The summed E-state index contributed by atoms with van der Waals surface area (Å²) in [7, 11) is 0. The molecule has 0 radical (unpaired) electrons. The monoisotopic (exact) mass is 508 g/mol. The van der Waals surface area contributed by atoms with Gasteiger partial charge in [-0.3, -0.25) is 0 Å². The second-order valence-corrected chi connectivity index (χ2v) is 10.2. The molecule has 0 unspecified atom stereocenters. The topological polar surface area (TPSA) is 25.8 Å². The third-order valence-electron chi connectivity index (χ3n) is 7.94. The fourth-order valence-electron chi connectivity index (χ4n) is 6.11. The molecule has 0 aliphatic rings. The summed E-state index contributed by atoms with van der Waals surface area (Å²) in [5.41, 5.74) is 5.68. The van der Waals surface area contributed by atoms with Gasteiger partial charge in [0.15, 0.2) is 5.82 Å². The highest BCUT2D eigenvalue weighted by molar-refractivity contribution is 6.22. The summed E-state index contributed by atoms with van der Waals surface area (Å²) in [5, 5.41) is 9.93. The first-order valence-corrected chi connectivity index (χ1v) is 13.6. The van der Waals surface area contributed by atoms with Gasteiger partial charge in [-0.2, -0.15) is 0 Å². The van der Waals surface area contributed by atoms with Crippen LogP contribution in [0.2, 0.25) is 0 Å². The minimum Gasteiger partial charge on any atom is -0.236 e. The van der Waals surface area contributed by atoms with Crippen molar-refractivity contribution in [2.45, 2.75) is 0 Å². The molecule has 1 heterocycles.